The van der Waals surface area contributed by atoms with Gasteiger partial charge in [0.2, 0.25) is 0 Å². The molecule has 1 amide bonds. The van der Waals surface area contributed by atoms with Crippen LogP contribution >= 0.6 is 0 Å². The van der Waals surface area contributed by atoms with Crippen LogP contribution < -0.4 is 10.1 Å². The lowest BCUT2D eigenvalue weighted by Gasteiger charge is -2.31. The lowest BCUT2D eigenvalue weighted by atomic mass is 10.1. The highest BCUT2D eigenvalue weighted by atomic mass is 16.5. The molecule has 1 aliphatic rings. The van der Waals surface area contributed by atoms with E-state index in [1.807, 2.05) is 24.3 Å². The number of fused-ring (bicyclic) bond motifs is 1. The number of carbonyl (C=O) groups is 1. The summed E-state index contributed by atoms with van der Waals surface area (Å²) in [5.41, 5.74) is 0.695. The molecule has 1 aromatic heterocycles. The Labute approximate surface area is 121 Å². The molecule has 0 radical (unpaired) electrons. The second kappa shape index (κ2) is 6.01. The van der Waals surface area contributed by atoms with Gasteiger partial charge in [-0.2, -0.15) is 0 Å². The van der Waals surface area contributed by atoms with E-state index in [0.29, 0.717) is 44.1 Å². The summed E-state index contributed by atoms with van der Waals surface area (Å²) in [5, 5.41) is 17.0. The van der Waals surface area contributed by atoms with Gasteiger partial charge < -0.3 is 24.6 Å². The normalized spacial score (nSPS) is 18.9. The van der Waals surface area contributed by atoms with Gasteiger partial charge in [-0.25, -0.2) is 4.79 Å². The average molecular weight is 291 g/mol. The Morgan fingerprint density at radius 1 is 1.52 bits per heavy atom. The number of amides is 1. The highest BCUT2D eigenvalue weighted by Crippen LogP contribution is 2.24. The topological polar surface area (TPSA) is 87.8 Å². The predicted molar refractivity (Wildman–Crippen MR) is 75.5 cm³/mol. The van der Waals surface area contributed by atoms with E-state index >= 15 is 0 Å². The first-order valence-corrected chi connectivity index (χ1v) is 6.92. The average Bonchev–Trinajstić information content (AvgIpc) is 2.91. The first-order chi connectivity index (χ1) is 10.2. The zero-order valence-corrected chi connectivity index (χ0v) is 11.5. The SMILES string of the molecule is O=C(O)N1CCN[C@H](CCOc2noc3ccccc23)C1. The van der Waals surface area contributed by atoms with Crippen molar-refractivity contribution >= 4 is 17.1 Å². The van der Waals surface area contributed by atoms with Gasteiger partial charge in [0.1, 0.15) is 0 Å². The molecule has 0 unspecified atom stereocenters. The van der Waals surface area contributed by atoms with Crippen molar-refractivity contribution in [2.75, 3.05) is 26.2 Å². The lowest BCUT2D eigenvalue weighted by Crippen LogP contribution is -2.52. The molecule has 1 saturated heterocycles. The van der Waals surface area contributed by atoms with Crippen molar-refractivity contribution in [1.29, 1.82) is 0 Å². The van der Waals surface area contributed by atoms with Gasteiger partial charge in [0.05, 0.1) is 12.0 Å². The molecule has 0 bridgehead atoms. The van der Waals surface area contributed by atoms with Crippen molar-refractivity contribution in [1.82, 2.24) is 15.4 Å². The third kappa shape index (κ3) is 3.08. The first kappa shape index (κ1) is 13.7. The molecule has 0 aliphatic carbocycles. The predicted octanol–water partition coefficient (Wildman–Crippen LogP) is 1.55. The zero-order valence-electron chi connectivity index (χ0n) is 11.5. The zero-order chi connectivity index (χ0) is 14.7. The van der Waals surface area contributed by atoms with Gasteiger partial charge in [-0.3, -0.25) is 0 Å². The fourth-order valence-corrected chi connectivity index (χ4v) is 2.46. The van der Waals surface area contributed by atoms with E-state index in [0.717, 1.165) is 5.39 Å². The van der Waals surface area contributed by atoms with Crippen LogP contribution in [0.2, 0.25) is 0 Å². The molecule has 112 valence electrons. The van der Waals surface area contributed by atoms with Crippen molar-refractivity contribution in [3.8, 4) is 5.88 Å². The first-order valence-electron chi connectivity index (χ1n) is 6.92. The van der Waals surface area contributed by atoms with Crippen molar-refractivity contribution in [3.05, 3.63) is 24.3 Å². The minimum absolute atomic E-state index is 0.105. The Morgan fingerprint density at radius 3 is 3.24 bits per heavy atom. The number of para-hydroxylation sites is 1. The quantitative estimate of drug-likeness (QED) is 0.888. The summed E-state index contributed by atoms with van der Waals surface area (Å²) in [4.78, 5) is 12.4. The van der Waals surface area contributed by atoms with Crippen LogP contribution in [0.15, 0.2) is 28.8 Å². The van der Waals surface area contributed by atoms with Gasteiger partial charge in [-0.1, -0.05) is 12.1 Å². The largest absolute Gasteiger partial charge is 0.475 e. The van der Waals surface area contributed by atoms with Gasteiger partial charge in [0, 0.05) is 25.7 Å². The van der Waals surface area contributed by atoms with E-state index in [4.69, 9.17) is 14.4 Å². The number of nitrogens with one attached hydrogen (secondary N) is 1. The van der Waals surface area contributed by atoms with E-state index in [9.17, 15) is 4.79 Å². The molecule has 1 fully saturated rings. The minimum atomic E-state index is -0.870. The lowest BCUT2D eigenvalue weighted by molar-refractivity contribution is 0.124. The van der Waals surface area contributed by atoms with E-state index in [-0.39, 0.29) is 6.04 Å². The maximum absolute atomic E-state index is 11.0. The standard InChI is InChI=1S/C14H17N3O4/c18-14(19)17-7-6-15-10(9-17)5-8-20-13-11-3-1-2-4-12(11)21-16-13/h1-4,10,15H,5-9H2,(H,18,19)/t10-/m1/s1. The van der Waals surface area contributed by atoms with Gasteiger partial charge >= 0.3 is 6.09 Å². The number of benzene rings is 1. The molecular formula is C14H17N3O4. The third-order valence-corrected chi connectivity index (χ3v) is 3.58. The summed E-state index contributed by atoms with van der Waals surface area (Å²) in [6.07, 6.45) is -0.157. The summed E-state index contributed by atoms with van der Waals surface area (Å²) < 4.78 is 10.8. The van der Waals surface area contributed by atoms with Gasteiger partial charge in [0.15, 0.2) is 5.58 Å². The van der Waals surface area contributed by atoms with E-state index < -0.39 is 6.09 Å². The van der Waals surface area contributed by atoms with Crippen molar-refractivity contribution < 1.29 is 19.2 Å². The summed E-state index contributed by atoms with van der Waals surface area (Å²) in [6.45, 7) is 2.14. The van der Waals surface area contributed by atoms with Crippen LogP contribution in [0.5, 0.6) is 5.88 Å². The Hall–Kier alpha value is -2.28. The van der Waals surface area contributed by atoms with Crippen LogP contribution in [0.3, 0.4) is 0 Å². The molecule has 7 heteroatoms. The van der Waals surface area contributed by atoms with E-state index in [1.165, 1.54) is 4.90 Å². The molecule has 2 aromatic rings. The molecule has 1 atom stereocenters. The van der Waals surface area contributed by atoms with Crippen molar-refractivity contribution in [3.63, 3.8) is 0 Å². The molecule has 1 aromatic carbocycles. The molecule has 1 aliphatic heterocycles. The molecule has 21 heavy (non-hydrogen) atoms. The van der Waals surface area contributed by atoms with Crippen molar-refractivity contribution in [2.45, 2.75) is 12.5 Å². The van der Waals surface area contributed by atoms with Gasteiger partial charge in [-0.05, 0) is 23.7 Å². The molecule has 0 saturated carbocycles. The summed E-state index contributed by atoms with van der Waals surface area (Å²) >= 11 is 0. The summed E-state index contributed by atoms with van der Waals surface area (Å²) in [7, 11) is 0. The maximum atomic E-state index is 11.0. The highest BCUT2D eigenvalue weighted by Gasteiger charge is 2.22. The molecule has 2 N–H and O–H groups in total. The third-order valence-electron chi connectivity index (χ3n) is 3.58. The van der Waals surface area contributed by atoms with E-state index in [1.54, 1.807) is 0 Å². The Kier molecular flexibility index (Phi) is 3.92. The highest BCUT2D eigenvalue weighted by molar-refractivity contribution is 5.81. The number of nitrogens with zero attached hydrogens (tertiary/aromatic N) is 2. The van der Waals surface area contributed by atoms with E-state index in [2.05, 4.69) is 10.5 Å². The van der Waals surface area contributed by atoms with Crippen LogP contribution in [-0.2, 0) is 0 Å². The number of rotatable bonds is 4. The van der Waals surface area contributed by atoms with Crippen LogP contribution in [0, 0.1) is 0 Å². The summed E-state index contributed by atoms with van der Waals surface area (Å²) in [5.74, 6) is 0.483. The molecular weight excluding hydrogens is 274 g/mol. The van der Waals surface area contributed by atoms with Crippen LogP contribution in [-0.4, -0.2) is 53.5 Å². The molecule has 7 nitrogen and oxygen atoms in total. The number of piperazine rings is 1. The van der Waals surface area contributed by atoms with Crippen LogP contribution in [0.1, 0.15) is 6.42 Å². The molecule has 2 heterocycles. The number of carboxylic acid groups (broad SMARTS) is 1. The van der Waals surface area contributed by atoms with Crippen LogP contribution in [0.25, 0.3) is 11.0 Å². The molecule has 3 rings (SSSR count). The monoisotopic (exact) mass is 291 g/mol. The number of hydrogen-bond acceptors (Lipinski definition) is 5. The number of aromatic nitrogens is 1. The fourth-order valence-electron chi connectivity index (χ4n) is 2.46. The number of ether oxygens (including phenoxy) is 1. The minimum Gasteiger partial charge on any atom is -0.475 e. The molecule has 0 spiro atoms. The Balaban J connectivity index is 1.53. The Morgan fingerprint density at radius 2 is 2.38 bits per heavy atom. The fraction of sp³-hybridized carbons (Fsp3) is 0.429. The number of hydrogen-bond donors (Lipinski definition) is 2. The van der Waals surface area contributed by atoms with Crippen LogP contribution in [0.4, 0.5) is 4.79 Å². The Bertz CT molecular complexity index is 627. The maximum Gasteiger partial charge on any atom is 0.407 e. The van der Waals surface area contributed by atoms with Crippen molar-refractivity contribution in [2.24, 2.45) is 0 Å². The second-order valence-corrected chi connectivity index (χ2v) is 5.00. The summed E-state index contributed by atoms with van der Waals surface area (Å²) in [6, 6.07) is 7.62. The smallest absolute Gasteiger partial charge is 0.407 e. The van der Waals surface area contributed by atoms with Gasteiger partial charge in [0.25, 0.3) is 5.88 Å². The van der Waals surface area contributed by atoms with Gasteiger partial charge in [-0.15, -0.1) is 0 Å². The second-order valence-electron chi connectivity index (χ2n) is 5.00.